The quantitative estimate of drug-likeness (QED) is 0.842. The molecule has 0 aromatic carbocycles. The van der Waals surface area contributed by atoms with Crippen LogP contribution in [0.4, 0.5) is 0 Å². The number of hydrogen-bond acceptors (Lipinski definition) is 3. The Morgan fingerprint density at radius 3 is 2.36 bits per heavy atom. The molecule has 0 bridgehead atoms. The highest BCUT2D eigenvalue weighted by atomic mass is 16.5. The molecular weight excluding hydrogens is 312 g/mol. The van der Waals surface area contributed by atoms with Gasteiger partial charge in [-0.15, -0.1) is 0 Å². The summed E-state index contributed by atoms with van der Waals surface area (Å²) in [5, 5.41) is 3.39. The van der Waals surface area contributed by atoms with Crippen LogP contribution in [-0.4, -0.2) is 49.2 Å². The summed E-state index contributed by atoms with van der Waals surface area (Å²) >= 11 is 0. The van der Waals surface area contributed by atoms with Crippen LogP contribution in [0.5, 0.6) is 0 Å². The maximum absolute atomic E-state index is 12.9. The smallest absolute Gasteiger partial charge is 0.237 e. The van der Waals surface area contributed by atoms with Crippen molar-refractivity contribution in [1.29, 1.82) is 0 Å². The van der Waals surface area contributed by atoms with E-state index < -0.39 is 0 Å². The third-order valence-corrected chi connectivity index (χ3v) is 6.80. The summed E-state index contributed by atoms with van der Waals surface area (Å²) in [5.74, 6) is 1.81. The second-order valence-corrected chi connectivity index (χ2v) is 9.63. The predicted octanol–water partition coefficient (Wildman–Crippen LogP) is 3.60. The third-order valence-electron chi connectivity index (χ3n) is 6.80. The monoisotopic (exact) mass is 350 g/mol. The largest absolute Gasteiger partial charge is 0.381 e. The molecule has 1 atom stereocenters. The number of carbonyl (C=O) groups excluding carboxylic acids is 1. The Bertz CT molecular complexity index is 432. The number of nitrogens with one attached hydrogen (secondary N) is 1. The van der Waals surface area contributed by atoms with Gasteiger partial charge in [0, 0.05) is 25.8 Å². The number of hydrogen-bond donors (Lipinski definition) is 1. The van der Waals surface area contributed by atoms with Gasteiger partial charge in [-0.2, -0.15) is 0 Å². The highest BCUT2D eigenvalue weighted by Crippen LogP contribution is 2.37. The molecule has 4 nitrogen and oxygen atoms in total. The van der Waals surface area contributed by atoms with Crippen molar-refractivity contribution in [2.75, 3.05) is 26.3 Å². The van der Waals surface area contributed by atoms with Crippen molar-refractivity contribution in [3.05, 3.63) is 0 Å². The molecule has 0 spiro atoms. The molecule has 1 saturated carbocycles. The molecule has 0 unspecified atom stereocenters. The number of carbonyl (C=O) groups is 1. The van der Waals surface area contributed by atoms with Crippen LogP contribution >= 0.6 is 0 Å². The molecule has 2 heterocycles. The van der Waals surface area contributed by atoms with Crippen LogP contribution in [0.1, 0.15) is 72.1 Å². The van der Waals surface area contributed by atoms with E-state index in [0.29, 0.717) is 23.3 Å². The molecule has 3 aliphatic rings. The Morgan fingerprint density at radius 1 is 1.04 bits per heavy atom. The fraction of sp³-hybridized carbons (Fsp3) is 0.952. The van der Waals surface area contributed by atoms with E-state index >= 15 is 0 Å². The standard InChI is InChI=1S/C21H38N2O2/c1-21(2,3)17-6-8-18(9-7-17)22-20(24)19-5-4-12-23(19)15-16-10-13-25-14-11-16/h16-19H,4-15H2,1-3H3,(H,22,24)/t17?,18?,19-/m0/s1. The highest BCUT2D eigenvalue weighted by Gasteiger charge is 2.35. The Labute approximate surface area is 154 Å². The number of likely N-dealkylation sites (tertiary alicyclic amines) is 1. The van der Waals surface area contributed by atoms with Gasteiger partial charge in [0.15, 0.2) is 0 Å². The maximum Gasteiger partial charge on any atom is 0.237 e. The minimum atomic E-state index is 0.114. The summed E-state index contributed by atoms with van der Waals surface area (Å²) in [7, 11) is 0. The molecule has 2 saturated heterocycles. The van der Waals surface area contributed by atoms with Crippen molar-refractivity contribution in [1.82, 2.24) is 10.2 Å². The summed E-state index contributed by atoms with van der Waals surface area (Å²) < 4.78 is 5.47. The van der Waals surface area contributed by atoms with Gasteiger partial charge in [-0.3, -0.25) is 9.69 Å². The summed E-state index contributed by atoms with van der Waals surface area (Å²) in [6.45, 7) is 11.0. The average molecular weight is 351 g/mol. The zero-order valence-electron chi connectivity index (χ0n) is 16.6. The van der Waals surface area contributed by atoms with Crippen molar-refractivity contribution in [2.24, 2.45) is 17.3 Å². The number of ether oxygens (including phenoxy) is 1. The molecule has 3 rings (SSSR count). The first-order valence-corrected chi connectivity index (χ1v) is 10.6. The third kappa shape index (κ3) is 5.19. The van der Waals surface area contributed by atoms with Gasteiger partial charge in [-0.05, 0) is 75.2 Å². The molecule has 4 heteroatoms. The van der Waals surface area contributed by atoms with Crippen molar-refractivity contribution in [3.8, 4) is 0 Å². The van der Waals surface area contributed by atoms with E-state index in [-0.39, 0.29) is 6.04 Å². The van der Waals surface area contributed by atoms with Gasteiger partial charge in [-0.25, -0.2) is 0 Å². The molecule has 3 fully saturated rings. The van der Waals surface area contributed by atoms with E-state index in [1.54, 1.807) is 0 Å². The van der Waals surface area contributed by atoms with Gasteiger partial charge < -0.3 is 10.1 Å². The maximum atomic E-state index is 12.9. The molecule has 0 aromatic rings. The van der Waals surface area contributed by atoms with E-state index in [1.165, 1.54) is 12.8 Å². The number of nitrogens with zero attached hydrogens (tertiary/aromatic N) is 1. The van der Waals surface area contributed by atoms with Crippen LogP contribution in [0.15, 0.2) is 0 Å². The van der Waals surface area contributed by atoms with Gasteiger partial charge in [0.2, 0.25) is 5.91 Å². The lowest BCUT2D eigenvalue weighted by atomic mass is 9.71. The second-order valence-electron chi connectivity index (χ2n) is 9.63. The SMILES string of the molecule is CC(C)(C)C1CCC(NC(=O)[C@@H]2CCCN2CC2CCOCC2)CC1. The summed E-state index contributed by atoms with van der Waals surface area (Å²) in [5.41, 5.74) is 0.404. The van der Waals surface area contributed by atoms with Gasteiger partial charge in [0.1, 0.15) is 0 Å². The van der Waals surface area contributed by atoms with Crippen molar-refractivity contribution < 1.29 is 9.53 Å². The molecule has 0 radical (unpaired) electrons. The van der Waals surface area contributed by atoms with Gasteiger partial charge in [0.05, 0.1) is 6.04 Å². The van der Waals surface area contributed by atoms with Crippen LogP contribution in [0.25, 0.3) is 0 Å². The van der Waals surface area contributed by atoms with Crippen LogP contribution in [0.3, 0.4) is 0 Å². The van der Waals surface area contributed by atoms with E-state index in [0.717, 1.165) is 70.7 Å². The lowest BCUT2D eigenvalue weighted by Gasteiger charge is -2.38. The van der Waals surface area contributed by atoms with E-state index in [2.05, 4.69) is 31.0 Å². The van der Waals surface area contributed by atoms with Gasteiger partial charge in [0.25, 0.3) is 0 Å². The van der Waals surface area contributed by atoms with Crippen LogP contribution < -0.4 is 5.32 Å². The zero-order valence-corrected chi connectivity index (χ0v) is 16.6. The van der Waals surface area contributed by atoms with Crippen LogP contribution in [-0.2, 0) is 9.53 Å². The molecule has 0 aromatic heterocycles. The Balaban J connectivity index is 1.45. The number of amides is 1. The first kappa shape index (κ1) is 19.2. The van der Waals surface area contributed by atoms with E-state index in [9.17, 15) is 4.79 Å². The minimum absolute atomic E-state index is 0.114. The molecule has 1 N–H and O–H groups in total. The van der Waals surface area contributed by atoms with Crippen LogP contribution in [0.2, 0.25) is 0 Å². The van der Waals surface area contributed by atoms with Gasteiger partial charge in [-0.1, -0.05) is 20.8 Å². The fourth-order valence-corrected chi connectivity index (χ4v) is 5.00. The number of rotatable bonds is 4. The van der Waals surface area contributed by atoms with Gasteiger partial charge >= 0.3 is 0 Å². The molecular formula is C21H38N2O2. The normalized spacial score (nSPS) is 32.7. The molecule has 144 valence electrons. The predicted molar refractivity (Wildman–Crippen MR) is 101 cm³/mol. The first-order valence-electron chi connectivity index (χ1n) is 10.6. The second kappa shape index (κ2) is 8.39. The fourth-order valence-electron chi connectivity index (χ4n) is 5.00. The topological polar surface area (TPSA) is 41.6 Å². The zero-order chi connectivity index (χ0) is 17.9. The highest BCUT2D eigenvalue weighted by molar-refractivity contribution is 5.82. The van der Waals surface area contributed by atoms with Crippen molar-refractivity contribution in [2.45, 2.75) is 84.2 Å². The molecule has 1 amide bonds. The molecule has 1 aliphatic carbocycles. The summed E-state index contributed by atoms with van der Waals surface area (Å²) in [6.07, 6.45) is 9.32. The average Bonchev–Trinajstić information content (AvgIpc) is 3.04. The molecule has 2 aliphatic heterocycles. The summed E-state index contributed by atoms with van der Waals surface area (Å²) in [4.78, 5) is 15.3. The van der Waals surface area contributed by atoms with Crippen LogP contribution in [0, 0.1) is 17.3 Å². The minimum Gasteiger partial charge on any atom is -0.381 e. The van der Waals surface area contributed by atoms with Crippen molar-refractivity contribution >= 4 is 5.91 Å². The first-order chi connectivity index (χ1) is 11.9. The lowest BCUT2D eigenvalue weighted by Crippen LogP contribution is -2.49. The van der Waals surface area contributed by atoms with E-state index in [1.807, 2.05) is 0 Å². The Hall–Kier alpha value is -0.610. The molecule has 25 heavy (non-hydrogen) atoms. The van der Waals surface area contributed by atoms with E-state index in [4.69, 9.17) is 4.74 Å². The summed E-state index contributed by atoms with van der Waals surface area (Å²) in [6, 6.07) is 0.514. The Kier molecular flexibility index (Phi) is 6.43. The Morgan fingerprint density at radius 2 is 1.72 bits per heavy atom. The van der Waals surface area contributed by atoms with Crippen molar-refractivity contribution in [3.63, 3.8) is 0 Å². The lowest BCUT2D eigenvalue weighted by molar-refractivity contribution is -0.126.